The molecule has 0 atom stereocenters. The molecule has 0 aliphatic carbocycles. The summed E-state index contributed by atoms with van der Waals surface area (Å²) in [7, 11) is 1.61. The third-order valence-electron chi connectivity index (χ3n) is 4.27. The summed E-state index contributed by atoms with van der Waals surface area (Å²) >= 11 is 7.29. The molecule has 1 aliphatic rings. The van der Waals surface area contributed by atoms with Gasteiger partial charge in [-0.25, -0.2) is 9.97 Å². The van der Waals surface area contributed by atoms with E-state index < -0.39 is 0 Å². The predicted octanol–water partition coefficient (Wildman–Crippen LogP) is 3.44. The van der Waals surface area contributed by atoms with E-state index in [1.165, 1.54) is 23.6 Å². The molecular formula is C18H17ClN4O3S. The molecule has 0 radical (unpaired) electrons. The molecule has 2 aromatic heterocycles. The Balaban J connectivity index is 1.68. The van der Waals surface area contributed by atoms with E-state index in [9.17, 15) is 4.79 Å². The number of nitrogens with zero attached hydrogens (tertiary/aromatic N) is 3. The number of pyridine rings is 1. The number of ether oxygens (including phenoxy) is 2. The summed E-state index contributed by atoms with van der Waals surface area (Å²) < 4.78 is 11.9. The number of carbonyl (C=O) groups is 1. The van der Waals surface area contributed by atoms with Gasteiger partial charge in [-0.05, 0) is 24.3 Å². The van der Waals surface area contributed by atoms with Gasteiger partial charge >= 0.3 is 0 Å². The van der Waals surface area contributed by atoms with E-state index in [1.807, 2.05) is 12.1 Å². The number of hydrogen-bond donors (Lipinski definition) is 1. The first kappa shape index (κ1) is 18.0. The second kappa shape index (κ2) is 7.67. The van der Waals surface area contributed by atoms with Crippen molar-refractivity contribution in [3.8, 4) is 5.75 Å². The van der Waals surface area contributed by atoms with E-state index in [0.29, 0.717) is 29.7 Å². The number of halogens is 1. The number of hydrogen-bond acceptors (Lipinski definition) is 7. The Hall–Kier alpha value is -2.42. The average Bonchev–Trinajstić information content (AvgIpc) is 3.11. The Kier molecular flexibility index (Phi) is 5.11. The van der Waals surface area contributed by atoms with Gasteiger partial charge in [-0.15, -0.1) is 0 Å². The minimum atomic E-state index is -0.287. The molecule has 140 valence electrons. The number of aromatic nitrogens is 2. The van der Waals surface area contributed by atoms with Gasteiger partial charge in [0.2, 0.25) is 0 Å². The van der Waals surface area contributed by atoms with E-state index in [-0.39, 0.29) is 11.1 Å². The average molecular weight is 405 g/mol. The molecule has 1 N–H and O–H groups in total. The van der Waals surface area contributed by atoms with Crippen LogP contribution in [0.3, 0.4) is 0 Å². The molecule has 27 heavy (non-hydrogen) atoms. The number of amides is 1. The highest BCUT2D eigenvalue weighted by atomic mass is 35.5. The number of fused-ring (bicyclic) bond motifs is 1. The molecule has 1 aliphatic heterocycles. The molecule has 1 amide bonds. The predicted molar refractivity (Wildman–Crippen MR) is 106 cm³/mol. The third kappa shape index (κ3) is 3.69. The molecule has 3 heterocycles. The lowest BCUT2D eigenvalue weighted by molar-refractivity contribution is 0.102. The first-order chi connectivity index (χ1) is 13.2. The SMILES string of the molecule is COc1ccc(N2CCOCC2)c2sc(NC(=O)c3ccnc(Cl)c3)nc12. The van der Waals surface area contributed by atoms with Crippen LogP contribution in [0.5, 0.6) is 5.75 Å². The van der Waals surface area contributed by atoms with Gasteiger partial charge in [0.15, 0.2) is 5.13 Å². The standard InChI is InChI=1S/C18H17ClN4O3S/c1-25-13-3-2-12(23-6-8-26-9-7-23)16-15(13)21-18(27-16)22-17(24)11-4-5-20-14(19)10-11/h2-5,10H,6-9H2,1H3,(H,21,22,24). The van der Waals surface area contributed by atoms with Crippen molar-refractivity contribution in [1.82, 2.24) is 9.97 Å². The molecule has 0 spiro atoms. The third-order valence-corrected chi connectivity index (χ3v) is 5.47. The maximum atomic E-state index is 12.5. The fourth-order valence-electron chi connectivity index (χ4n) is 2.95. The van der Waals surface area contributed by atoms with Gasteiger partial charge < -0.3 is 14.4 Å². The number of thiazole rings is 1. The number of nitrogens with one attached hydrogen (secondary N) is 1. The number of morpholine rings is 1. The lowest BCUT2D eigenvalue weighted by Gasteiger charge is -2.29. The van der Waals surface area contributed by atoms with Gasteiger partial charge in [0.05, 0.1) is 30.7 Å². The second-order valence-electron chi connectivity index (χ2n) is 5.90. The summed E-state index contributed by atoms with van der Waals surface area (Å²) in [5.41, 5.74) is 2.23. The van der Waals surface area contributed by atoms with Crippen molar-refractivity contribution in [3.05, 3.63) is 41.2 Å². The Labute approximate surface area is 164 Å². The van der Waals surface area contributed by atoms with Gasteiger partial charge in [0, 0.05) is 24.8 Å². The van der Waals surface area contributed by atoms with Crippen LogP contribution in [0.25, 0.3) is 10.2 Å². The van der Waals surface area contributed by atoms with Gasteiger partial charge in [-0.1, -0.05) is 22.9 Å². The highest BCUT2D eigenvalue weighted by Crippen LogP contribution is 2.39. The maximum absolute atomic E-state index is 12.5. The quantitative estimate of drug-likeness (QED) is 0.671. The number of carbonyl (C=O) groups excluding carboxylic acids is 1. The summed E-state index contributed by atoms with van der Waals surface area (Å²) in [6.07, 6.45) is 1.50. The van der Waals surface area contributed by atoms with E-state index in [4.69, 9.17) is 21.1 Å². The molecule has 7 nitrogen and oxygen atoms in total. The zero-order valence-electron chi connectivity index (χ0n) is 14.6. The molecular weight excluding hydrogens is 388 g/mol. The minimum absolute atomic E-state index is 0.267. The molecule has 3 aromatic rings. The van der Waals surface area contributed by atoms with Crippen molar-refractivity contribution < 1.29 is 14.3 Å². The first-order valence-corrected chi connectivity index (χ1v) is 9.58. The largest absolute Gasteiger partial charge is 0.494 e. The Morgan fingerprint density at radius 2 is 2.15 bits per heavy atom. The van der Waals surface area contributed by atoms with Crippen LogP contribution in [-0.4, -0.2) is 49.3 Å². The highest BCUT2D eigenvalue weighted by Gasteiger charge is 2.20. The molecule has 0 saturated carbocycles. The van der Waals surface area contributed by atoms with E-state index in [2.05, 4.69) is 20.2 Å². The van der Waals surface area contributed by atoms with Crippen LogP contribution in [0.1, 0.15) is 10.4 Å². The molecule has 0 bridgehead atoms. The van der Waals surface area contributed by atoms with Crippen molar-refractivity contribution in [3.63, 3.8) is 0 Å². The maximum Gasteiger partial charge on any atom is 0.257 e. The summed E-state index contributed by atoms with van der Waals surface area (Å²) in [5.74, 6) is 0.385. The summed E-state index contributed by atoms with van der Waals surface area (Å²) in [6.45, 7) is 3.02. The smallest absolute Gasteiger partial charge is 0.257 e. The van der Waals surface area contributed by atoms with Crippen molar-refractivity contribution >= 4 is 49.9 Å². The highest BCUT2D eigenvalue weighted by molar-refractivity contribution is 7.23. The topological polar surface area (TPSA) is 76.6 Å². The zero-order valence-corrected chi connectivity index (χ0v) is 16.1. The molecule has 1 saturated heterocycles. The van der Waals surface area contributed by atoms with Crippen molar-refractivity contribution in [2.24, 2.45) is 0 Å². The van der Waals surface area contributed by atoms with Crippen LogP contribution >= 0.6 is 22.9 Å². The minimum Gasteiger partial charge on any atom is -0.494 e. The summed E-state index contributed by atoms with van der Waals surface area (Å²) in [6, 6.07) is 7.05. The van der Waals surface area contributed by atoms with E-state index in [1.54, 1.807) is 13.2 Å². The second-order valence-corrected chi connectivity index (χ2v) is 7.29. The molecule has 0 unspecified atom stereocenters. The molecule has 4 rings (SSSR count). The van der Waals surface area contributed by atoms with Crippen LogP contribution in [-0.2, 0) is 4.74 Å². The Bertz CT molecular complexity index is 988. The summed E-state index contributed by atoms with van der Waals surface area (Å²) in [4.78, 5) is 23.2. The Morgan fingerprint density at radius 1 is 1.33 bits per heavy atom. The number of anilines is 2. The number of rotatable bonds is 4. The van der Waals surface area contributed by atoms with E-state index >= 15 is 0 Å². The van der Waals surface area contributed by atoms with Crippen LogP contribution in [0.2, 0.25) is 5.15 Å². The fourth-order valence-corrected chi connectivity index (χ4v) is 4.15. The zero-order chi connectivity index (χ0) is 18.8. The van der Waals surface area contributed by atoms with Crippen LogP contribution in [0.4, 0.5) is 10.8 Å². The van der Waals surface area contributed by atoms with Gasteiger partial charge in [0.1, 0.15) is 16.4 Å². The normalized spacial score (nSPS) is 14.4. The molecule has 9 heteroatoms. The van der Waals surface area contributed by atoms with Crippen LogP contribution < -0.4 is 15.0 Å². The van der Waals surface area contributed by atoms with Crippen molar-refractivity contribution in [2.75, 3.05) is 43.6 Å². The Morgan fingerprint density at radius 3 is 2.89 bits per heavy atom. The summed E-state index contributed by atoms with van der Waals surface area (Å²) in [5, 5.41) is 3.61. The van der Waals surface area contributed by atoms with Crippen molar-refractivity contribution in [1.29, 1.82) is 0 Å². The number of methoxy groups -OCH3 is 1. The lowest BCUT2D eigenvalue weighted by Crippen LogP contribution is -2.36. The first-order valence-electron chi connectivity index (χ1n) is 8.39. The molecule has 1 fully saturated rings. The van der Waals surface area contributed by atoms with Crippen LogP contribution in [0, 0.1) is 0 Å². The van der Waals surface area contributed by atoms with E-state index in [0.717, 1.165) is 29.0 Å². The fraction of sp³-hybridized carbons (Fsp3) is 0.278. The van der Waals surface area contributed by atoms with Crippen LogP contribution in [0.15, 0.2) is 30.5 Å². The number of benzene rings is 1. The van der Waals surface area contributed by atoms with Gasteiger partial charge in [-0.3, -0.25) is 10.1 Å². The van der Waals surface area contributed by atoms with Gasteiger partial charge in [-0.2, -0.15) is 0 Å². The molecule has 1 aromatic carbocycles. The monoisotopic (exact) mass is 404 g/mol. The van der Waals surface area contributed by atoms with Crippen molar-refractivity contribution in [2.45, 2.75) is 0 Å². The van der Waals surface area contributed by atoms with Gasteiger partial charge in [0.25, 0.3) is 5.91 Å². The lowest BCUT2D eigenvalue weighted by atomic mass is 10.2.